The van der Waals surface area contributed by atoms with E-state index in [0.717, 1.165) is 41.8 Å². The van der Waals surface area contributed by atoms with Crippen molar-refractivity contribution in [3.05, 3.63) is 129 Å². The predicted molar refractivity (Wildman–Crippen MR) is 231 cm³/mol. The molecule has 0 fully saturated rings. The van der Waals surface area contributed by atoms with Gasteiger partial charge in [0.05, 0.1) is 0 Å². The number of benzene rings is 5. The Kier molecular flexibility index (Phi) is 14.9. The van der Waals surface area contributed by atoms with Gasteiger partial charge >= 0.3 is 0 Å². The van der Waals surface area contributed by atoms with Gasteiger partial charge in [0.1, 0.15) is 24.2 Å². The Labute approximate surface area is 344 Å². The minimum Gasteiger partial charge on any atom is -0.370 e. The molecule has 0 aliphatic heterocycles. The molecule has 0 saturated heterocycles. The van der Waals surface area contributed by atoms with E-state index in [1.165, 1.54) is 6.92 Å². The van der Waals surface area contributed by atoms with E-state index in [0.29, 0.717) is 6.42 Å². The average Bonchev–Trinajstić information content (AvgIpc) is 3.18. The van der Waals surface area contributed by atoms with Crippen LogP contribution in [0.3, 0.4) is 0 Å². The van der Waals surface area contributed by atoms with Crippen molar-refractivity contribution in [2.75, 3.05) is 6.54 Å². The molecule has 0 radical (unpaired) electrons. The van der Waals surface area contributed by atoms with Crippen LogP contribution in [0.5, 0.6) is 0 Å². The number of nitrogens with one attached hydrogen (secondary N) is 4. The van der Waals surface area contributed by atoms with Crippen molar-refractivity contribution in [1.29, 1.82) is 0 Å². The summed E-state index contributed by atoms with van der Waals surface area (Å²) in [6.07, 6.45) is 0.751. The van der Waals surface area contributed by atoms with Gasteiger partial charge in [-0.3, -0.25) is 29.0 Å². The van der Waals surface area contributed by atoms with Gasteiger partial charge in [0, 0.05) is 36.3 Å². The number of hydrogen-bond acceptors (Lipinski definition) is 6. The number of aliphatic imine (C=N–C) groups is 1. The maximum Gasteiger partial charge on any atom is 0.243 e. The molecule has 0 aromatic heterocycles. The topological polar surface area (TPSA) is 224 Å². The molecule has 13 nitrogen and oxygen atoms in total. The van der Waals surface area contributed by atoms with Crippen LogP contribution < -0.4 is 38.5 Å². The third-order valence-corrected chi connectivity index (χ3v) is 10.1. The highest BCUT2D eigenvalue weighted by Crippen LogP contribution is 2.19. The first-order valence-electron chi connectivity index (χ1n) is 18.6. The second-order valence-corrected chi connectivity index (χ2v) is 15.1. The fraction of sp³-hybridized carbons (Fsp3) is 0.256. The molecule has 5 aromatic rings. The molecule has 0 aliphatic rings. The van der Waals surface area contributed by atoms with E-state index in [1.54, 1.807) is 0 Å². The van der Waals surface area contributed by atoms with Crippen LogP contribution in [0, 0.1) is 3.57 Å². The van der Waals surface area contributed by atoms with Gasteiger partial charge < -0.3 is 38.5 Å². The smallest absolute Gasteiger partial charge is 0.243 e. The second-order valence-electron chi connectivity index (χ2n) is 13.9. The number of nitrogens with two attached hydrogens (primary N) is 3. The van der Waals surface area contributed by atoms with Crippen molar-refractivity contribution in [3.8, 4) is 0 Å². The zero-order chi connectivity index (χ0) is 40.9. The summed E-state index contributed by atoms with van der Waals surface area (Å²) in [7, 11) is 0. The van der Waals surface area contributed by atoms with E-state index < -0.39 is 53.7 Å². The Morgan fingerprint density at radius 2 is 1.00 bits per heavy atom. The quantitative estimate of drug-likeness (QED) is 0.0301. The lowest BCUT2D eigenvalue weighted by molar-refractivity contribution is -0.134. The summed E-state index contributed by atoms with van der Waals surface area (Å²) < 4.78 is 0.978. The van der Waals surface area contributed by atoms with E-state index in [4.69, 9.17) is 17.2 Å². The Bertz CT molecular complexity index is 2260. The number of fused-ring (bicyclic) bond motifs is 2. The molecule has 57 heavy (non-hydrogen) atoms. The number of amides is 5. The van der Waals surface area contributed by atoms with E-state index in [1.807, 2.05) is 109 Å². The van der Waals surface area contributed by atoms with Crippen LogP contribution in [-0.2, 0) is 43.2 Å². The molecule has 0 heterocycles. The zero-order valence-corrected chi connectivity index (χ0v) is 33.7. The van der Waals surface area contributed by atoms with Crippen molar-refractivity contribution < 1.29 is 24.0 Å². The first kappa shape index (κ1) is 42.1. The highest BCUT2D eigenvalue weighted by atomic mass is 127. The lowest BCUT2D eigenvalue weighted by atomic mass is 9.99. The van der Waals surface area contributed by atoms with Gasteiger partial charge in [0.15, 0.2) is 5.96 Å². The van der Waals surface area contributed by atoms with Gasteiger partial charge in [0.25, 0.3) is 0 Å². The normalized spacial score (nSPS) is 13.1. The van der Waals surface area contributed by atoms with Crippen molar-refractivity contribution >= 4 is 79.6 Å². The summed E-state index contributed by atoms with van der Waals surface area (Å²) in [4.78, 5) is 71.2. The molecule has 0 aliphatic carbocycles. The van der Waals surface area contributed by atoms with Crippen molar-refractivity contribution in [3.63, 3.8) is 0 Å². The molecule has 296 valence electrons. The van der Waals surface area contributed by atoms with Crippen LogP contribution >= 0.6 is 22.6 Å². The molecule has 0 saturated carbocycles. The second kappa shape index (κ2) is 20.2. The molecule has 10 N–H and O–H groups in total. The van der Waals surface area contributed by atoms with Crippen molar-refractivity contribution in [2.24, 2.45) is 22.2 Å². The van der Waals surface area contributed by atoms with E-state index in [9.17, 15) is 24.0 Å². The van der Waals surface area contributed by atoms with Gasteiger partial charge in [-0.2, -0.15) is 0 Å². The number of carbonyl (C=O) groups excluding carboxylic acids is 5. The van der Waals surface area contributed by atoms with E-state index in [-0.39, 0.29) is 38.2 Å². The zero-order valence-electron chi connectivity index (χ0n) is 31.5. The average molecular weight is 883 g/mol. The maximum atomic E-state index is 14.2. The highest BCUT2D eigenvalue weighted by molar-refractivity contribution is 14.1. The SMILES string of the molecule is CC(=O)N[C@@H](Cc1ccc2ccccc2c1)C(=O)N[C@@H](CCCN=C(N)N)C(=O)N[C@H](Cc1ccc(I)cc1)C(=O)N[C@H](Cc1ccc2ccccc2c1)C(N)=O. The predicted octanol–water partition coefficient (Wildman–Crippen LogP) is 3.12. The van der Waals surface area contributed by atoms with Crippen molar-refractivity contribution in [2.45, 2.75) is 63.2 Å². The Morgan fingerprint density at radius 1 is 0.561 bits per heavy atom. The molecule has 0 unspecified atom stereocenters. The number of guanidine groups is 1. The monoisotopic (exact) mass is 882 g/mol. The molecule has 5 aromatic carbocycles. The van der Waals surface area contributed by atoms with Gasteiger partial charge in [-0.25, -0.2) is 0 Å². The molecule has 0 bridgehead atoms. The van der Waals surface area contributed by atoms with Gasteiger partial charge in [0.2, 0.25) is 29.5 Å². The Balaban J connectivity index is 1.37. The molecular weight excluding hydrogens is 835 g/mol. The standard InChI is InChI=1S/C43H47IN8O5/c1-26(53)49-37(25-29-13-17-31-8-3-5-10-33(31)22-29)41(56)50-35(11-6-20-48-43(46)47)40(55)52-38(23-27-14-18-34(44)19-15-27)42(57)51-36(39(45)54)24-28-12-16-30-7-2-4-9-32(30)21-28/h2-5,7-10,12-19,21-22,35-38H,6,11,20,23-25H2,1H3,(H2,45,54)(H,49,53)(H,50,56)(H,51,57)(H,52,55)(H4,46,47,48)/t35-,36+,37-,38+/m0/s1. The molecular formula is C43H47IN8O5. The molecule has 5 amide bonds. The maximum absolute atomic E-state index is 14.2. The van der Waals surface area contributed by atoms with Gasteiger partial charge in [-0.1, -0.05) is 97.1 Å². The van der Waals surface area contributed by atoms with Crippen LogP contribution in [0.2, 0.25) is 0 Å². The van der Waals surface area contributed by atoms with Crippen LogP contribution in [0.25, 0.3) is 21.5 Å². The Hall–Kier alpha value is -6.03. The summed E-state index contributed by atoms with van der Waals surface area (Å²) in [5.74, 6) is -3.17. The number of carbonyl (C=O) groups is 5. The van der Waals surface area contributed by atoms with Crippen LogP contribution in [-0.4, -0.2) is 66.2 Å². The van der Waals surface area contributed by atoms with Crippen LogP contribution in [0.4, 0.5) is 0 Å². The fourth-order valence-corrected chi connectivity index (χ4v) is 6.89. The summed E-state index contributed by atoms with van der Waals surface area (Å²) in [5, 5.41) is 15.1. The molecule has 4 atom stereocenters. The minimum absolute atomic E-state index is 0.0705. The van der Waals surface area contributed by atoms with Crippen molar-refractivity contribution in [1.82, 2.24) is 21.3 Å². The third kappa shape index (κ3) is 12.7. The number of hydrogen-bond donors (Lipinski definition) is 7. The van der Waals surface area contributed by atoms with Gasteiger partial charge in [-0.15, -0.1) is 0 Å². The lowest BCUT2D eigenvalue weighted by Gasteiger charge is -2.26. The number of halogens is 1. The number of nitrogens with zero attached hydrogens (tertiary/aromatic N) is 1. The third-order valence-electron chi connectivity index (χ3n) is 9.43. The number of rotatable bonds is 18. The number of primary amides is 1. The van der Waals surface area contributed by atoms with Crippen LogP contribution in [0.1, 0.15) is 36.5 Å². The first-order chi connectivity index (χ1) is 27.3. The molecule has 14 heteroatoms. The molecule has 0 spiro atoms. The summed E-state index contributed by atoms with van der Waals surface area (Å²) in [6.45, 7) is 1.49. The summed E-state index contributed by atoms with van der Waals surface area (Å²) in [6, 6.07) is 30.1. The largest absolute Gasteiger partial charge is 0.370 e. The van der Waals surface area contributed by atoms with Gasteiger partial charge in [-0.05, 0) is 85.8 Å². The van der Waals surface area contributed by atoms with Crippen LogP contribution in [0.15, 0.2) is 114 Å². The Morgan fingerprint density at radius 3 is 1.53 bits per heavy atom. The van der Waals surface area contributed by atoms with E-state index >= 15 is 0 Å². The molecule has 5 rings (SSSR count). The lowest BCUT2D eigenvalue weighted by Crippen LogP contribution is -2.59. The summed E-state index contributed by atoms with van der Waals surface area (Å²) in [5.41, 5.74) is 19.2. The summed E-state index contributed by atoms with van der Waals surface area (Å²) >= 11 is 2.17. The first-order valence-corrected chi connectivity index (χ1v) is 19.6. The van der Waals surface area contributed by atoms with E-state index in [2.05, 4.69) is 48.9 Å². The highest BCUT2D eigenvalue weighted by Gasteiger charge is 2.31. The minimum atomic E-state index is -1.17. The fourth-order valence-electron chi connectivity index (χ4n) is 6.54.